The van der Waals surface area contributed by atoms with Crippen LogP contribution in [0.5, 0.6) is 0 Å². The molecule has 1 unspecified atom stereocenters. The van der Waals surface area contributed by atoms with Crippen LogP contribution in [0.4, 0.5) is 0 Å². The number of likely N-dealkylation sites (tertiary alicyclic amines) is 1. The zero-order valence-corrected chi connectivity index (χ0v) is 11.2. The minimum atomic E-state index is 0.338. The molecule has 1 atom stereocenters. The minimum Gasteiger partial charge on any atom is -0.308 e. The molecule has 1 rings (SSSR count). The predicted molar refractivity (Wildman–Crippen MR) is 67.1 cm³/mol. The van der Waals surface area contributed by atoms with Crippen LogP contribution >= 0.6 is 0 Å². The van der Waals surface area contributed by atoms with Crippen LogP contribution in [-0.2, 0) is 0 Å². The Balaban J connectivity index is 2.46. The molecule has 0 bridgehead atoms. The summed E-state index contributed by atoms with van der Waals surface area (Å²) in [6.07, 6.45) is 1.91. The first-order chi connectivity index (χ1) is 7.45. The van der Waals surface area contributed by atoms with Gasteiger partial charge in [0.1, 0.15) is 0 Å². The molecule has 16 heavy (non-hydrogen) atoms. The third-order valence-electron chi connectivity index (χ3n) is 3.86. The average Bonchev–Trinajstić information content (AvgIpc) is 2.19. The quantitative estimate of drug-likeness (QED) is 0.728. The third-order valence-corrected chi connectivity index (χ3v) is 3.86. The molecule has 92 valence electrons. The Kier molecular flexibility index (Phi) is 4.76. The van der Waals surface area contributed by atoms with Gasteiger partial charge in [-0.15, -0.1) is 0 Å². The lowest BCUT2D eigenvalue weighted by atomic mass is 9.72. The van der Waals surface area contributed by atoms with E-state index in [1.54, 1.807) is 0 Å². The second-order valence-electron chi connectivity index (χ2n) is 5.90. The first kappa shape index (κ1) is 13.5. The Hall–Kier alpha value is -0.590. The molecule has 1 fully saturated rings. The highest BCUT2D eigenvalue weighted by atomic mass is 15.2. The van der Waals surface area contributed by atoms with Crippen molar-refractivity contribution >= 4 is 0 Å². The van der Waals surface area contributed by atoms with Crippen molar-refractivity contribution in [2.24, 2.45) is 11.3 Å². The summed E-state index contributed by atoms with van der Waals surface area (Å²) in [6, 6.07) is 2.34. The summed E-state index contributed by atoms with van der Waals surface area (Å²) in [7, 11) is 4.22. The van der Waals surface area contributed by atoms with Gasteiger partial charge in [0.2, 0.25) is 0 Å². The van der Waals surface area contributed by atoms with E-state index in [1.165, 1.54) is 13.0 Å². The molecule has 0 spiro atoms. The lowest BCUT2D eigenvalue weighted by molar-refractivity contribution is 0.0592. The second-order valence-corrected chi connectivity index (χ2v) is 5.90. The van der Waals surface area contributed by atoms with E-state index >= 15 is 0 Å². The Morgan fingerprint density at radius 1 is 1.44 bits per heavy atom. The van der Waals surface area contributed by atoms with E-state index in [9.17, 15) is 0 Å². The van der Waals surface area contributed by atoms with Gasteiger partial charge in [-0.1, -0.05) is 13.8 Å². The topological polar surface area (TPSA) is 30.3 Å². The van der Waals surface area contributed by atoms with Gasteiger partial charge in [0.05, 0.1) is 6.07 Å². The van der Waals surface area contributed by atoms with Gasteiger partial charge in [-0.2, -0.15) is 5.26 Å². The van der Waals surface area contributed by atoms with E-state index in [1.807, 2.05) is 0 Å². The van der Waals surface area contributed by atoms with Crippen molar-refractivity contribution in [3.8, 4) is 6.07 Å². The zero-order valence-electron chi connectivity index (χ0n) is 11.2. The zero-order chi connectivity index (χ0) is 12.2. The third kappa shape index (κ3) is 3.77. The maximum Gasteiger partial charge on any atom is 0.0625 e. The lowest BCUT2D eigenvalue weighted by Crippen LogP contribution is -2.46. The molecule has 0 radical (unpaired) electrons. The standard InChI is InChI=1S/C13H25N3/c1-13(2)6-8-16(10-9-15(3)4)11-12(13)5-7-14/h12H,5-6,8-11H2,1-4H3. The highest BCUT2D eigenvalue weighted by Gasteiger charge is 2.34. The molecule has 0 saturated carbocycles. The van der Waals surface area contributed by atoms with Crippen LogP contribution in [0.3, 0.4) is 0 Å². The second kappa shape index (κ2) is 5.65. The Bertz CT molecular complexity index is 250. The van der Waals surface area contributed by atoms with Crippen molar-refractivity contribution in [2.75, 3.05) is 40.3 Å². The summed E-state index contributed by atoms with van der Waals surface area (Å²) in [5.74, 6) is 0.536. The molecule has 0 aliphatic carbocycles. The van der Waals surface area contributed by atoms with Crippen molar-refractivity contribution < 1.29 is 0 Å². The van der Waals surface area contributed by atoms with E-state index in [-0.39, 0.29) is 0 Å². The molecule has 0 aromatic heterocycles. The highest BCUT2D eigenvalue weighted by molar-refractivity contribution is 4.91. The van der Waals surface area contributed by atoms with Crippen LogP contribution in [0, 0.1) is 22.7 Å². The van der Waals surface area contributed by atoms with E-state index in [0.29, 0.717) is 17.8 Å². The summed E-state index contributed by atoms with van der Waals surface area (Å²) in [5.41, 5.74) is 0.338. The maximum absolute atomic E-state index is 8.88. The van der Waals surface area contributed by atoms with Gasteiger partial charge in [0, 0.05) is 26.1 Å². The van der Waals surface area contributed by atoms with Gasteiger partial charge in [-0.25, -0.2) is 0 Å². The summed E-state index contributed by atoms with van der Waals surface area (Å²) in [5, 5.41) is 8.88. The van der Waals surface area contributed by atoms with Crippen LogP contribution in [0.15, 0.2) is 0 Å². The smallest absolute Gasteiger partial charge is 0.0625 e. The molecule has 1 aliphatic heterocycles. The summed E-state index contributed by atoms with van der Waals surface area (Å²) < 4.78 is 0. The summed E-state index contributed by atoms with van der Waals surface area (Å²) in [4.78, 5) is 4.73. The van der Waals surface area contributed by atoms with Gasteiger partial charge in [-0.05, 0) is 38.4 Å². The van der Waals surface area contributed by atoms with Crippen LogP contribution < -0.4 is 0 Å². The maximum atomic E-state index is 8.88. The number of likely N-dealkylation sites (N-methyl/N-ethyl adjacent to an activating group) is 1. The molecular formula is C13H25N3. The number of nitriles is 1. The minimum absolute atomic E-state index is 0.338. The summed E-state index contributed by atoms with van der Waals surface area (Å²) in [6.45, 7) is 9.12. The van der Waals surface area contributed by atoms with Crippen LogP contribution in [0.1, 0.15) is 26.7 Å². The number of nitrogens with zero attached hydrogens (tertiary/aromatic N) is 3. The Labute approximate surface area is 100 Å². The van der Waals surface area contributed by atoms with E-state index < -0.39 is 0 Å². The number of piperidine rings is 1. The molecular weight excluding hydrogens is 198 g/mol. The van der Waals surface area contributed by atoms with Crippen molar-refractivity contribution in [2.45, 2.75) is 26.7 Å². The van der Waals surface area contributed by atoms with Gasteiger partial charge in [-0.3, -0.25) is 0 Å². The first-order valence-corrected chi connectivity index (χ1v) is 6.20. The first-order valence-electron chi connectivity index (χ1n) is 6.20. The number of rotatable bonds is 4. The predicted octanol–water partition coefficient (Wildman–Crippen LogP) is 1.81. The van der Waals surface area contributed by atoms with Crippen molar-refractivity contribution in [3.63, 3.8) is 0 Å². The van der Waals surface area contributed by atoms with Crippen LogP contribution in [-0.4, -0.2) is 50.1 Å². The monoisotopic (exact) mass is 223 g/mol. The largest absolute Gasteiger partial charge is 0.308 e. The van der Waals surface area contributed by atoms with Gasteiger partial charge in [0.25, 0.3) is 0 Å². The fraction of sp³-hybridized carbons (Fsp3) is 0.923. The number of hydrogen-bond donors (Lipinski definition) is 0. The Morgan fingerprint density at radius 2 is 2.12 bits per heavy atom. The molecule has 1 aliphatic rings. The van der Waals surface area contributed by atoms with Gasteiger partial charge in [0.15, 0.2) is 0 Å². The normalized spacial score (nSPS) is 25.6. The molecule has 0 aromatic rings. The highest BCUT2D eigenvalue weighted by Crippen LogP contribution is 2.37. The van der Waals surface area contributed by atoms with E-state index in [4.69, 9.17) is 5.26 Å². The fourth-order valence-corrected chi connectivity index (χ4v) is 2.30. The molecule has 1 saturated heterocycles. The molecule has 0 aromatic carbocycles. The van der Waals surface area contributed by atoms with Crippen LogP contribution in [0.2, 0.25) is 0 Å². The lowest BCUT2D eigenvalue weighted by Gasteiger charge is -2.43. The Morgan fingerprint density at radius 3 is 2.69 bits per heavy atom. The van der Waals surface area contributed by atoms with Gasteiger partial charge < -0.3 is 9.80 Å². The average molecular weight is 223 g/mol. The molecule has 3 nitrogen and oxygen atoms in total. The fourth-order valence-electron chi connectivity index (χ4n) is 2.30. The summed E-state index contributed by atoms with van der Waals surface area (Å²) >= 11 is 0. The molecule has 3 heteroatoms. The molecule has 1 heterocycles. The molecule has 0 N–H and O–H groups in total. The van der Waals surface area contributed by atoms with E-state index in [0.717, 1.165) is 19.6 Å². The van der Waals surface area contributed by atoms with Crippen molar-refractivity contribution in [1.82, 2.24) is 9.80 Å². The van der Waals surface area contributed by atoms with Gasteiger partial charge >= 0.3 is 0 Å². The van der Waals surface area contributed by atoms with E-state index in [2.05, 4.69) is 43.8 Å². The van der Waals surface area contributed by atoms with Crippen molar-refractivity contribution in [1.29, 1.82) is 5.26 Å². The molecule has 0 amide bonds. The number of hydrogen-bond acceptors (Lipinski definition) is 3. The van der Waals surface area contributed by atoms with Crippen molar-refractivity contribution in [3.05, 3.63) is 0 Å². The van der Waals surface area contributed by atoms with Crippen LogP contribution in [0.25, 0.3) is 0 Å². The SMILES string of the molecule is CN(C)CCN1CCC(C)(C)C(CC#N)C1.